The molecule has 0 saturated heterocycles. The minimum absolute atomic E-state index is 0.00824. The van der Waals surface area contributed by atoms with Gasteiger partial charge in [0, 0.05) is 51.0 Å². The van der Waals surface area contributed by atoms with Crippen molar-refractivity contribution in [3.05, 3.63) is 0 Å². The quantitative estimate of drug-likeness (QED) is 0.315. The number of carbonyl (C=O) groups is 1. The van der Waals surface area contributed by atoms with Gasteiger partial charge in [0.05, 0.1) is 18.3 Å². The molecule has 0 radical (unpaired) electrons. The first kappa shape index (κ1) is 29.4. The molecule has 0 aromatic heterocycles. The van der Waals surface area contributed by atoms with Gasteiger partial charge in [-0.2, -0.15) is 0 Å². The third-order valence-corrected chi connectivity index (χ3v) is 11.1. The zero-order chi connectivity index (χ0) is 26.6. The van der Waals surface area contributed by atoms with Gasteiger partial charge in [0.2, 0.25) is 0 Å². The van der Waals surface area contributed by atoms with E-state index in [0.717, 1.165) is 44.9 Å². The van der Waals surface area contributed by atoms with Crippen molar-refractivity contribution in [1.29, 1.82) is 0 Å². The van der Waals surface area contributed by atoms with Crippen molar-refractivity contribution in [2.75, 3.05) is 39.6 Å². The summed E-state index contributed by atoms with van der Waals surface area (Å²) in [6.45, 7) is 8.68. The van der Waals surface area contributed by atoms with Crippen molar-refractivity contribution in [3.63, 3.8) is 0 Å². The fourth-order valence-corrected chi connectivity index (χ4v) is 9.24. The van der Waals surface area contributed by atoms with Crippen LogP contribution in [0.1, 0.15) is 85.0 Å². The van der Waals surface area contributed by atoms with E-state index in [1.54, 1.807) is 6.92 Å². The summed E-state index contributed by atoms with van der Waals surface area (Å²) >= 11 is 0. The van der Waals surface area contributed by atoms with Crippen LogP contribution >= 0.6 is 0 Å². The number of fused-ring (bicyclic) bond motifs is 5. The van der Waals surface area contributed by atoms with Crippen LogP contribution in [0.4, 0.5) is 0 Å². The molecule has 0 spiro atoms. The van der Waals surface area contributed by atoms with Crippen molar-refractivity contribution in [3.8, 4) is 0 Å². The number of ether oxygens (including phenoxy) is 3. The fraction of sp³-hybridized carbons (Fsp3) is 0.967. The lowest BCUT2D eigenvalue weighted by Crippen LogP contribution is -2.63. The molecule has 37 heavy (non-hydrogen) atoms. The van der Waals surface area contributed by atoms with Gasteiger partial charge in [0.15, 0.2) is 0 Å². The molecular weight excluding hydrogens is 472 g/mol. The highest BCUT2D eigenvalue weighted by atomic mass is 16.5. The lowest BCUT2D eigenvalue weighted by molar-refractivity contribution is -0.225. The molecule has 4 saturated carbocycles. The van der Waals surface area contributed by atoms with E-state index in [4.69, 9.17) is 14.2 Å². The summed E-state index contributed by atoms with van der Waals surface area (Å²) < 4.78 is 19.4. The van der Waals surface area contributed by atoms with Gasteiger partial charge in [0.25, 0.3) is 0 Å². The van der Waals surface area contributed by atoms with E-state index in [-0.39, 0.29) is 60.7 Å². The number of aliphatic hydroxyl groups is 3. The van der Waals surface area contributed by atoms with Gasteiger partial charge in [0.1, 0.15) is 5.78 Å². The predicted molar refractivity (Wildman–Crippen MR) is 141 cm³/mol. The fourth-order valence-electron chi connectivity index (χ4n) is 9.24. The Balaban J connectivity index is 1.64. The number of hydrogen-bond acceptors (Lipinski definition) is 7. The van der Waals surface area contributed by atoms with E-state index >= 15 is 0 Å². The van der Waals surface area contributed by atoms with Gasteiger partial charge in [-0.1, -0.05) is 13.8 Å². The molecule has 0 amide bonds. The second-order valence-corrected chi connectivity index (χ2v) is 12.8. The lowest BCUT2D eigenvalue weighted by atomic mass is 9.43. The Morgan fingerprint density at radius 3 is 2.11 bits per heavy atom. The number of ketones is 1. The summed E-state index contributed by atoms with van der Waals surface area (Å²) in [7, 11) is 0. The predicted octanol–water partition coefficient (Wildman–Crippen LogP) is 3.76. The number of rotatable bonds is 13. The molecule has 4 rings (SSSR count). The van der Waals surface area contributed by atoms with E-state index < -0.39 is 0 Å². The first-order valence-corrected chi connectivity index (χ1v) is 15.0. The largest absolute Gasteiger partial charge is 0.396 e. The van der Waals surface area contributed by atoms with E-state index in [9.17, 15) is 20.1 Å². The molecule has 0 heterocycles. The van der Waals surface area contributed by atoms with Gasteiger partial charge in [-0.3, -0.25) is 4.79 Å². The number of aliphatic hydroxyl groups excluding tert-OH is 3. The Labute approximate surface area is 223 Å². The van der Waals surface area contributed by atoms with E-state index in [0.29, 0.717) is 62.8 Å². The number of Topliss-reactive ketones (excluding diaryl/α,β-unsaturated/α-hetero) is 1. The monoisotopic (exact) mass is 524 g/mol. The SMILES string of the molecule is CC(=O)[C@H]1CC[C@H]2[C@@H]3[C@H](OCCCO)C[C@@H]4C[C@H](OCCCO)CC[C@]4(C)[C@H]3C[C@H](OCCCO)[C@]12C. The van der Waals surface area contributed by atoms with Crippen LogP contribution in [0.3, 0.4) is 0 Å². The highest BCUT2D eigenvalue weighted by Crippen LogP contribution is 2.68. The summed E-state index contributed by atoms with van der Waals surface area (Å²) in [5.74, 6) is 1.99. The molecule has 10 atom stereocenters. The van der Waals surface area contributed by atoms with Gasteiger partial charge >= 0.3 is 0 Å². The summed E-state index contributed by atoms with van der Waals surface area (Å²) in [6, 6.07) is 0. The molecular formula is C30H52O7. The average molecular weight is 525 g/mol. The van der Waals surface area contributed by atoms with Crippen LogP contribution in [0.5, 0.6) is 0 Å². The van der Waals surface area contributed by atoms with Crippen molar-refractivity contribution in [1.82, 2.24) is 0 Å². The van der Waals surface area contributed by atoms with Gasteiger partial charge in [-0.05, 0) is 100 Å². The zero-order valence-electron chi connectivity index (χ0n) is 23.4. The Morgan fingerprint density at radius 2 is 1.46 bits per heavy atom. The number of hydrogen-bond donors (Lipinski definition) is 3. The van der Waals surface area contributed by atoms with Gasteiger partial charge < -0.3 is 29.5 Å². The van der Waals surface area contributed by atoms with E-state index in [1.807, 2.05) is 0 Å². The minimum Gasteiger partial charge on any atom is -0.396 e. The maximum absolute atomic E-state index is 12.9. The standard InChI is InChI=1S/C30H52O7/c1-20(34)23-7-8-24-28-25(19-27(30(23,24)3)37-16-6-13-33)29(2)10-9-22(35-14-4-11-31)17-21(29)18-26(28)36-15-5-12-32/h21-28,31-33H,4-19H2,1-3H3/t21-,22+,23+,24-,25-,26+,27-,28-,29-,30+/m0/s1. The molecule has 214 valence electrons. The van der Waals surface area contributed by atoms with Crippen LogP contribution in [-0.2, 0) is 19.0 Å². The molecule has 0 bridgehead atoms. The number of carbonyl (C=O) groups excluding carboxylic acids is 1. The second kappa shape index (κ2) is 12.7. The van der Waals surface area contributed by atoms with Gasteiger partial charge in [-0.25, -0.2) is 0 Å². The molecule has 0 aromatic rings. The van der Waals surface area contributed by atoms with E-state index in [1.165, 1.54) is 0 Å². The van der Waals surface area contributed by atoms with Crippen LogP contribution in [0.15, 0.2) is 0 Å². The zero-order valence-corrected chi connectivity index (χ0v) is 23.4. The first-order valence-electron chi connectivity index (χ1n) is 15.0. The van der Waals surface area contributed by atoms with E-state index in [2.05, 4.69) is 13.8 Å². The van der Waals surface area contributed by atoms with Crippen molar-refractivity contribution < 1.29 is 34.3 Å². The van der Waals surface area contributed by atoms with Crippen LogP contribution in [0.2, 0.25) is 0 Å². The smallest absolute Gasteiger partial charge is 0.133 e. The molecule has 0 aromatic carbocycles. The average Bonchev–Trinajstić information content (AvgIpc) is 3.23. The van der Waals surface area contributed by atoms with Crippen molar-refractivity contribution >= 4 is 5.78 Å². The molecule has 4 aliphatic carbocycles. The molecule has 0 aliphatic heterocycles. The van der Waals surface area contributed by atoms with Crippen molar-refractivity contribution in [2.45, 2.75) is 103 Å². The Kier molecular flexibility index (Phi) is 10.1. The molecule has 7 nitrogen and oxygen atoms in total. The Hall–Kier alpha value is -0.570. The highest BCUT2D eigenvalue weighted by Gasteiger charge is 2.66. The summed E-state index contributed by atoms with van der Waals surface area (Å²) in [5.41, 5.74) is -0.0403. The maximum atomic E-state index is 12.9. The molecule has 7 heteroatoms. The molecule has 0 unspecified atom stereocenters. The van der Waals surface area contributed by atoms with Crippen LogP contribution in [0.25, 0.3) is 0 Å². The van der Waals surface area contributed by atoms with Crippen LogP contribution < -0.4 is 0 Å². The third kappa shape index (κ3) is 5.69. The molecule has 3 N–H and O–H groups in total. The first-order chi connectivity index (χ1) is 17.8. The summed E-state index contributed by atoms with van der Waals surface area (Å²) in [5, 5.41) is 28.0. The van der Waals surface area contributed by atoms with Crippen molar-refractivity contribution in [2.24, 2.45) is 40.4 Å². The topological polar surface area (TPSA) is 105 Å². The normalized spacial score (nSPS) is 43.2. The summed E-state index contributed by atoms with van der Waals surface area (Å²) in [4.78, 5) is 12.9. The Bertz CT molecular complexity index is 745. The summed E-state index contributed by atoms with van der Waals surface area (Å²) in [6.07, 6.45) is 9.42. The highest BCUT2D eigenvalue weighted by molar-refractivity contribution is 5.79. The molecule has 4 fully saturated rings. The second-order valence-electron chi connectivity index (χ2n) is 12.8. The minimum atomic E-state index is -0.213. The third-order valence-electron chi connectivity index (χ3n) is 11.1. The lowest BCUT2D eigenvalue weighted by Gasteiger charge is -2.64. The Morgan fingerprint density at radius 1 is 0.811 bits per heavy atom. The van der Waals surface area contributed by atoms with Crippen LogP contribution in [-0.4, -0.2) is 79.1 Å². The maximum Gasteiger partial charge on any atom is 0.133 e. The molecule has 4 aliphatic rings. The van der Waals surface area contributed by atoms with Crippen LogP contribution in [0, 0.1) is 40.4 Å². The van der Waals surface area contributed by atoms with Gasteiger partial charge in [-0.15, -0.1) is 0 Å².